The lowest BCUT2D eigenvalue weighted by Crippen LogP contribution is -2.48. The third kappa shape index (κ3) is 4.46. The standard InChI is InChI=1S/C22H24FN3O2S2/c1-16-3-8-21(17(2)13-16)30(27,28)26-11-9-25(10-12-26)14-22-24-20(15-29-22)18-4-6-19(23)7-5-18/h3-8,13,15H,9-12,14H2,1-2H3. The van der Waals surface area contributed by atoms with E-state index in [2.05, 4.69) is 9.88 Å². The van der Waals surface area contributed by atoms with Gasteiger partial charge >= 0.3 is 0 Å². The van der Waals surface area contributed by atoms with E-state index in [0.29, 0.717) is 37.6 Å². The Hall–Kier alpha value is -2.13. The van der Waals surface area contributed by atoms with E-state index < -0.39 is 10.0 Å². The van der Waals surface area contributed by atoms with Crippen molar-refractivity contribution in [3.05, 3.63) is 69.8 Å². The molecule has 0 unspecified atom stereocenters. The first kappa shape index (κ1) is 21.1. The number of aryl methyl sites for hydroxylation is 2. The Morgan fingerprint density at radius 1 is 1.03 bits per heavy atom. The molecule has 2 aromatic carbocycles. The van der Waals surface area contributed by atoms with Crippen LogP contribution in [0.5, 0.6) is 0 Å². The Balaban J connectivity index is 1.38. The van der Waals surface area contributed by atoms with Gasteiger partial charge in [0, 0.05) is 37.1 Å². The number of rotatable bonds is 5. The van der Waals surface area contributed by atoms with Crippen LogP contribution in [-0.2, 0) is 16.6 Å². The van der Waals surface area contributed by atoms with Gasteiger partial charge in [-0.2, -0.15) is 4.31 Å². The molecule has 8 heteroatoms. The van der Waals surface area contributed by atoms with Gasteiger partial charge in [0.2, 0.25) is 10.0 Å². The summed E-state index contributed by atoms with van der Waals surface area (Å²) in [5.74, 6) is -0.261. The van der Waals surface area contributed by atoms with Gasteiger partial charge < -0.3 is 0 Å². The molecule has 0 radical (unpaired) electrons. The third-order valence-corrected chi connectivity index (χ3v) is 8.22. The molecule has 0 atom stereocenters. The normalized spacial score (nSPS) is 16.1. The highest BCUT2D eigenvalue weighted by molar-refractivity contribution is 7.89. The summed E-state index contributed by atoms with van der Waals surface area (Å²) in [5, 5.41) is 2.95. The fourth-order valence-electron chi connectivity index (χ4n) is 3.68. The van der Waals surface area contributed by atoms with E-state index in [0.717, 1.165) is 27.4 Å². The first-order valence-corrected chi connectivity index (χ1v) is 12.1. The summed E-state index contributed by atoms with van der Waals surface area (Å²) in [6, 6.07) is 11.8. The van der Waals surface area contributed by atoms with E-state index in [9.17, 15) is 12.8 Å². The molecule has 30 heavy (non-hydrogen) atoms. The number of hydrogen-bond acceptors (Lipinski definition) is 5. The van der Waals surface area contributed by atoms with Gasteiger partial charge in [-0.15, -0.1) is 11.3 Å². The van der Waals surface area contributed by atoms with Gasteiger partial charge in [-0.3, -0.25) is 4.90 Å². The largest absolute Gasteiger partial charge is 0.294 e. The Morgan fingerprint density at radius 3 is 2.40 bits per heavy atom. The fraction of sp³-hybridized carbons (Fsp3) is 0.318. The zero-order valence-electron chi connectivity index (χ0n) is 17.0. The Kier molecular flexibility index (Phi) is 6.02. The van der Waals surface area contributed by atoms with Gasteiger partial charge in [0.1, 0.15) is 10.8 Å². The molecule has 0 amide bonds. The van der Waals surface area contributed by atoms with E-state index in [1.54, 1.807) is 33.8 Å². The molecule has 1 aromatic heterocycles. The van der Waals surface area contributed by atoms with Crippen molar-refractivity contribution in [3.8, 4) is 11.3 Å². The van der Waals surface area contributed by atoms with Crippen LogP contribution in [0.1, 0.15) is 16.1 Å². The van der Waals surface area contributed by atoms with Crippen LogP contribution in [0.25, 0.3) is 11.3 Å². The number of thiazole rings is 1. The fourth-order valence-corrected chi connectivity index (χ4v) is 6.16. The quantitative estimate of drug-likeness (QED) is 0.594. The summed E-state index contributed by atoms with van der Waals surface area (Å²) in [6.07, 6.45) is 0. The molecule has 1 aliphatic heterocycles. The van der Waals surface area contributed by atoms with Crippen molar-refractivity contribution in [2.45, 2.75) is 25.3 Å². The highest BCUT2D eigenvalue weighted by atomic mass is 32.2. The van der Waals surface area contributed by atoms with Crippen LogP contribution in [-0.4, -0.2) is 48.8 Å². The minimum atomic E-state index is -3.48. The molecule has 5 nitrogen and oxygen atoms in total. The molecule has 1 fully saturated rings. The first-order valence-electron chi connectivity index (χ1n) is 9.83. The zero-order chi connectivity index (χ0) is 21.3. The Morgan fingerprint density at radius 2 is 1.73 bits per heavy atom. The van der Waals surface area contributed by atoms with Gasteiger partial charge in [0.05, 0.1) is 17.1 Å². The molecule has 0 bridgehead atoms. The molecular formula is C22H24FN3O2S2. The molecule has 0 N–H and O–H groups in total. The van der Waals surface area contributed by atoms with Crippen LogP contribution >= 0.6 is 11.3 Å². The maximum Gasteiger partial charge on any atom is 0.243 e. The highest BCUT2D eigenvalue weighted by Crippen LogP contribution is 2.25. The maximum atomic E-state index is 13.1. The lowest BCUT2D eigenvalue weighted by molar-refractivity contribution is 0.181. The SMILES string of the molecule is Cc1ccc(S(=O)(=O)N2CCN(Cc3nc(-c4ccc(F)cc4)cs3)CC2)c(C)c1. The van der Waals surface area contributed by atoms with Crippen LogP contribution in [0.15, 0.2) is 52.7 Å². The number of nitrogens with zero attached hydrogens (tertiary/aromatic N) is 3. The average molecular weight is 446 g/mol. The molecule has 0 saturated carbocycles. The van der Waals surface area contributed by atoms with Gasteiger partial charge in [-0.1, -0.05) is 17.7 Å². The molecule has 0 aliphatic carbocycles. The third-order valence-electron chi connectivity index (χ3n) is 5.33. The lowest BCUT2D eigenvalue weighted by atomic mass is 10.2. The van der Waals surface area contributed by atoms with Crippen LogP contribution in [0.4, 0.5) is 4.39 Å². The van der Waals surface area contributed by atoms with Crippen LogP contribution in [0.2, 0.25) is 0 Å². The van der Waals surface area contributed by atoms with Crippen molar-refractivity contribution in [2.75, 3.05) is 26.2 Å². The molecule has 4 rings (SSSR count). The number of sulfonamides is 1. The van der Waals surface area contributed by atoms with E-state index >= 15 is 0 Å². The summed E-state index contributed by atoms with van der Waals surface area (Å²) < 4.78 is 40.8. The number of aromatic nitrogens is 1. The number of hydrogen-bond donors (Lipinski definition) is 0. The van der Waals surface area contributed by atoms with Crippen molar-refractivity contribution >= 4 is 21.4 Å². The second-order valence-electron chi connectivity index (χ2n) is 7.58. The molecule has 3 aromatic rings. The lowest BCUT2D eigenvalue weighted by Gasteiger charge is -2.33. The summed E-state index contributed by atoms with van der Waals surface area (Å²) in [6.45, 7) is 6.74. The van der Waals surface area contributed by atoms with Crippen molar-refractivity contribution in [3.63, 3.8) is 0 Å². The minimum Gasteiger partial charge on any atom is -0.294 e. The minimum absolute atomic E-state index is 0.261. The zero-order valence-corrected chi connectivity index (χ0v) is 18.6. The predicted octanol–water partition coefficient (Wildman–Crippen LogP) is 4.07. The van der Waals surface area contributed by atoms with Crippen molar-refractivity contribution < 1.29 is 12.8 Å². The first-order chi connectivity index (χ1) is 14.3. The maximum absolute atomic E-state index is 13.1. The second kappa shape index (κ2) is 8.55. The predicted molar refractivity (Wildman–Crippen MR) is 117 cm³/mol. The summed E-state index contributed by atoms with van der Waals surface area (Å²) in [4.78, 5) is 7.28. The van der Waals surface area contributed by atoms with E-state index in [1.165, 1.54) is 12.1 Å². The van der Waals surface area contributed by atoms with Gasteiger partial charge in [0.15, 0.2) is 0 Å². The van der Waals surface area contributed by atoms with Gasteiger partial charge in [-0.25, -0.2) is 17.8 Å². The van der Waals surface area contributed by atoms with Gasteiger partial charge in [-0.05, 0) is 49.7 Å². The molecular weight excluding hydrogens is 421 g/mol. The molecule has 1 aliphatic rings. The van der Waals surface area contributed by atoms with E-state index in [-0.39, 0.29) is 5.82 Å². The van der Waals surface area contributed by atoms with Crippen molar-refractivity contribution in [2.24, 2.45) is 0 Å². The smallest absolute Gasteiger partial charge is 0.243 e. The molecule has 0 spiro atoms. The van der Waals surface area contributed by atoms with Crippen LogP contribution in [0, 0.1) is 19.7 Å². The van der Waals surface area contributed by atoms with Crippen molar-refractivity contribution in [1.29, 1.82) is 0 Å². The van der Waals surface area contributed by atoms with Crippen molar-refractivity contribution in [1.82, 2.24) is 14.2 Å². The number of piperazine rings is 1. The summed E-state index contributed by atoms with van der Waals surface area (Å²) in [5.41, 5.74) is 3.57. The van der Waals surface area contributed by atoms with Crippen LogP contribution in [0.3, 0.4) is 0 Å². The molecule has 1 saturated heterocycles. The topological polar surface area (TPSA) is 53.5 Å². The Bertz CT molecular complexity index is 1140. The van der Waals surface area contributed by atoms with Crippen LogP contribution < -0.4 is 0 Å². The Labute approximate surface area is 180 Å². The van der Waals surface area contributed by atoms with E-state index in [1.807, 2.05) is 31.4 Å². The molecule has 2 heterocycles. The highest BCUT2D eigenvalue weighted by Gasteiger charge is 2.29. The summed E-state index contributed by atoms with van der Waals surface area (Å²) in [7, 11) is -3.48. The van der Waals surface area contributed by atoms with Gasteiger partial charge in [0.25, 0.3) is 0 Å². The van der Waals surface area contributed by atoms with E-state index in [4.69, 9.17) is 0 Å². The number of benzene rings is 2. The molecule has 158 valence electrons. The second-order valence-corrected chi connectivity index (χ2v) is 10.4. The monoisotopic (exact) mass is 445 g/mol. The summed E-state index contributed by atoms with van der Waals surface area (Å²) >= 11 is 1.57. The number of halogens is 1. The average Bonchev–Trinajstić information content (AvgIpc) is 3.17.